The van der Waals surface area contributed by atoms with Gasteiger partial charge >= 0.3 is 0 Å². The number of amidine groups is 1. The van der Waals surface area contributed by atoms with Gasteiger partial charge in [0.25, 0.3) is 15.9 Å². The summed E-state index contributed by atoms with van der Waals surface area (Å²) in [5.41, 5.74) is 2.86. The standard InChI is InChI=1S/C23H31N5O3S/c1-18-5-3-6-20(17-18)27-13-11-26(12-14-27)10-8-19(2)24-23(29)21-7-4-9-28-15-16-32(30,31)25-22(21)28/h3-7,9,17,19H,8,10-16H2,1-2H3,(H,24,29). The SMILES string of the molecule is Cc1cccc(N2CCN(CCC(C)NC(=O)C3=CC=CN4CCS(=O)(=O)N=C34)CC2)c1. The maximum absolute atomic E-state index is 12.8. The molecule has 3 aliphatic heterocycles. The van der Waals surface area contributed by atoms with Gasteiger partial charge in [-0.15, -0.1) is 4.40 Å². The normalized spacial score (nSPS) is 21.4. The fourth-order valence-corrected chi connectivity index (χ4v) is 5.18. The van der Waals surface area contributed by atoms with Crippen molar-refractivity contribution in [1.82, 2.24) is 15.1 Å². The molecule has 1 atom stereocenters. The van der Waals surface area contributed by atoms with Crippen LogP contribution in [0.4, 0.5) is 5.69 Å². The Hall–Kier alpha value is -2.65. The van der Waals surface area contributed by atoms with Crippen LogP contribution in [0.3, 0.4) is 0 Å². The van der Waals surface area contributed by atoms with E-state index in [1.807, 2.05) is 6.92 Å². The lowest BCUT2D eigenvalue weighted by atomic mass is 10.1. The number of rotatable bonds is 6. The maximum atomic E-state index is 12.8. The molecule has 3 aliphatic rings. The lowest BCUT2D eigenvalue weighted by Gasteiger charge is -2.36. The largest absolute Gasteiger partial charge is 0.369 e. The second-order valence-electron chi connectivity index (χ2n) is 8.65. The lowest BCUT2D eigenvalue weighted by Crippen LogP contribution is -2.48. The van der Waals surface area contributed by atoms with E-state index in [0.717, 1.165) is 39.1 Å². The summed E-state index contributed by atoms with van der Waals surface area (Å²) in [5.74, 6) is -0.105. The van der Waals surface area contributed by atoms with E-state index in [1.165, 1.54) is 11.3 Å². The molecule has 1 saturated heterocycles. The molecule has 1 amide bonds. The van der Waals surface area contributed by atoms with Crippen LogP contribution in [0.2, 0.25) is 0 Å². The molecule has 1 aromatic rings. The molecule has 0 radical (unpaired) electrons. The molecule has 172 valence electrons. The molecule has 0 aromatic heterocycles. The molecule has 9 heteroatoms. The average Bonchev–Trinajstić information content (AvgIpc) is 2.77. The Bertz CT molecular complexity index is 1060. The van der Waals surface area contributed by atoms with Crippen LogP contribution >= 0.6 is 0 Å². The monoisotopic (exact) mass is 457 g/mol. The van der Waals surface area contributed by atoms with Gasteiger partial charge in [-0.25, -0.2) is 8.42 Å². The molecule has 4 rings (SSSR count). The number of benzene rings is 1. The number of piperazine rings is 1. The first-order valence-corrected chi connectivity index (χ1v) is 12.7. The molecule has 1 aromatic carbocycles. The van der Waals surface area contributed by atoms with Crippen molar-refractivity contribution in [3.63, 3.8) is 0 Å². The van der Waals surface area contributed by atoms with Crippen LogP contribution in [0.1, 0.15) is 18.9 Å². The van der Waals surface area contributed by atoms with E-state index in [1.54, 1.807) is 23.3 Å². The van der Waals surface area contributed by atoms with Gasteiger partial charge in [-0.1, -0.05) is 12.1 Å². The zero-order valence-corrected chi connectivity index (χ0v) is 19.5. The number of fused-ring (bicyclic) bond motifs is 1. The summed E-state index contributed by atoms with van der Waals surface area (Å²) in [7, 11) is -3.52. The van der Waals surface area contributed by atoms with Gasteiger partial charge in [0.2, 0.25) is 0 Å². The van der Waals surface area contributed by atoms with Crippen LogP contribution in [-0.2, 0) is 14.8 Å². The van der Waals surface area contributed by atoms with Gasteiger partial charge in [0.15, 0.2) is 5.84 Å². The van der Waals surface area contributed by atoms with Crippen LogP contribution in [0.15, 0.2) is 52.6 Å². The van der Waals surface area contributed by atoms with Crippen molar-refractivity contribution in [3.8, 4) is 0 Å². The summed E-state index contributed by atoms with van der Waals surface area (Å²) < 4.78 is 27.6. The minimum Gasteiger partial charge on any atom is -0.369 e. The van der Waals surface area contributed by atoms with Crippen molar-refractivity contribution in [1.29, 1.82) is 0 Å². The average molecular weight is 458 g/mol. The number of carbonyl (C=O) groups excluding carboxylic acids is 1. The highest BCUT2D eigenvalue weighted by molar-refractivity contribution is 7.90. The molecule has 1 unspecified atom stereocenters. The van der Waals surface area contributed by atoms with E-state index in [0.29, 0.717) is 12.1 Å². The second kappa shape index (κ2) is 9.46. The third kappa shape index (κ3) is 5.39. The number of allylic oxidation sites excluding steroid dienone is 2. The zero-order chi connectivity index (χ0) is 22.7. The van der Waals surface area contributed by atoms with Crippen molar-refractivity contribution in [3.05, 3.63) is 53.8 Å². The molecular weight excluding hydrogens is 426 g/mol. The summed E-state index contributed by atoms with van der Waals surface area (Å²) in [6.45, 7) is 9.29. The van der Waals surface area contributed by atoms with Crippen molar-refractivity contribution in [2.45, 2.75) is 26.3 Å². The number of hydrogen-bond donors (Lipinski definition) is 1. The van der Waals surface area contributed by atoms with Crippen molar-refractivity contribution >= 4 is 27.5 Å². The number of nitrogens with one attached hydrogen (secondary N) is 1. The lowest BCUT2D eigenvalue weighted by molar-refractivity contribution is -0.117. The number of sulfonamides is 1. The highest BCUT2D eigenvalue weighted by Crippen LogP contribution is 2.19. The van der Waals surface area contributed by atoms with Crippen LogP contribution in [-0.4, -0.2) is 81.0 Å². The van der Waals surface area contributed by atoms with Gasteiger partial charge in [-0.2, -0.15) is 0 Å². The fraction of sp³-hybridized carbons (Fsp3) is 0.478. The second-order valence-corrected chi connectivity index (χ2v) is 10.4. The zero-order valence-electron chi connectivity index (χ0n) is 18.7. The van der Waals surface area contributed by atoms with Crippen LogP contribution < -0.4 is 10.2 Å². The minimum absolute atomic E-state index is 0.0293. The van der Waals surface area contributed by atoms with Crippen molar-refractivity contribution < 1.29 is 13.2 Å². The molecule has 32 heavy (non-hydrogen) atoms. The number of amides is 1. The highest BCUT2D eigenvalue weighted by atomic mass is 32.2. The summed E-state index contributed by atoms with van der Waals surface area (Å²) >= 11 is 0. The molecule has 1 fully saturated rings. The highest BCUT2D eigenvalue weighted by Gasteiger charge is 2.30. The fourth-order valence-electron chi connectivity index (χ4n) is 4.20. The predicted octanol–water partition coefficient (Wildman–Crippen LogP) is 1.51. The molecule has 1 N–H and O–H groups in total. The van der Waals surface area contributed by atoms with E-state index < -0.39 is 10.0 Å². The molecule has 8 nitrogen and oxygen atoms in total. The number of hydrogen-bond acceptors (Lipinski definition) is 6. The van der Waals surface area contributed by atoms with Gasteiger partial charge in [-0.05, 0) is 50.1 Å². The number of anilines is 1. The van der Waals surface area contributed by atoms with Crippen molar-refractivity contribution in [2.75, 3.05) is 49.9 Å². The van der Waals surface area contributed by atoms with E-state index in [-0.39, 0.29) is 23.5 Å². The molecule has 0 bridgehead atoms. The Morgan fingerprint density at radius 1 is 1.19 bits per heavy atom. The molecule has 0 saturated carbocycles. The van der Waals surface area contributed by atoms with Gasteiger partial charge < -0.3 is 15.1 Å². The first-order valence-electron chi connectivity index (χ1n) is 11.1. The molecule has 0 spiro atoms. The summed E-state index contributed by atoms with van der Waals surface area (Å²) in [6, 6.07) is 8.58. The van der Waals surface area contributed by atoms with E-state index in [4.69, 9.17) is 0 Å². The summed E-state index contributed by atoms with van der Waals surface area (Å²) in [6.07, 6.45) is 5.96. The topological polar surface area (TPSA) is 85.3 Å². The Morgan fingerprint density at radius 2 is 1.97 bits per heavy atom. The van der Waals surface area contributed by atoms with Crippen LogP contribution in [0.5, 0.6) is 0 Å². The molecule has 0 aliphatic carbocycles. The predicted molar refractivity (Wildman–Crippen MR) is 127 cm³/mol. The van der Waals surface area contributed by atoms with Gasteiger partial charge in [0.1, 0.15) is 0 Å². The van der Waals surface area contributed by atoms with Gasteiger partial charge in [-0.3, -0.25) is 9.69 Å². The first-order chi connectivity index (χ1) is 15.3. The molecular formula is C23H31N5O3S. The first kappa shape index (κ1) is 22.5. The van der Waals surface area contributed by atoms with E-state index in [2.05, 4.69) is 50.7 Å². The van der Waals surface area contributed by atoms with E-state index in [9.17, 15) is 13.2 Å². The Labute approximate surface area is 190 Å². The van der Waals surface area contributed by atoms with Crippen molar-refractivity contribution in [2.24, 2.45) is 4.40 Å². The number of aryl methyl sites for hydroxylation is 1. The third-order valence-electron chi connectivity index (χ3n) is 6.10. The number of carbonyl (C=O) groups is 1. The van der Waals surface area contributed by atoms with Gasteiger partial charge in [0.05, 0.1) is 11.3 Å². The quantitative estimate of drug-likeness (QED) is 0.697. The minimum atomic E-state index is -3.52. The van der Waals surface area contributed by atoms with E-state index >= 15 is 0 Å². The summed E-state index contributed by atoms with van der Waals surface area (Å²) in [5, 5.41) is 3.01. The van der Waals surface area contributed by atoms with Crippen LogP contribution in [0.25, 0.3) is 0 Å². The van der Waals surface area contributed by atoms with Gasteiger partial charge in [0, 0.05) is 57.2 Å². The Morgan fingerprint density at radius 3 is 2.72 bits per heavy atom. The Balaban J connectivity index is 1.26. The maximum Gasteiger partial charge on any atom is 0.256 e. The Kier molecular flexibility index (Phi) is 6.66. The smallest absolute Gasteiger partial charge is 0.256 e. The molecule has 3 heterocycles. The number of nitrogens with zero attached hydrogens (tertiary/aromatic N) is 4. The summed E-state index contributed by atoms with van der Waals surface area (Å²) in [4.78, 5) is 19.4. The van der Waals surface area contributed by atoms with Crippen LogP contribution in [0, 0.1) is 6.92 Å². The third-order valence-corrected chi connectivity index (χ3v) is 7.25.